The van der Waals surface area contributed by atoms with Crippen LogP contribution in [0, 0.1) is 0 Å². The van der Waals surface area contributed by atoms with E-state index in [1.54, 1.807) is 36.4 Å². The molecule has 6 nitrogen and oxygen atoms in total. The van der Waals surface area contributed by atoms with Gasteiger partial charge in [-0.15, -0.1) is 11.3 Å². The molecular weight excluding hydrogens is 528 g/mol. The number of ether oxygens (including phenoxy) is 2. The number of para-hydroxylation sites is 1. The van der Waals surface area contributed by atoms with Crippen LogP contribution in [0.4, 0.5) is 0 Å². The molecule has 1 aromatic heterocycles. The highest BCUT2D eigenvalue weighted by Gasteiger charge is 2.19. The van der Waals surface area contributed by atoms with Gasteiger partial charge < -0.3 is 9.47 Å². The first kappa shape index (κ1) is 23.0. The van der Waals surface area contributed by atoms with Crippen molar-refractivity contribution in [2.45, 2.75) is 0 Å². The van der Waals surface area contributed by atoms with Crippen LogP contribution in [0.1, 0.15) is 15.2 Å². The molecular formula is C24H16BrClN2O4S. The first-order chi connectivity index (χ1) is 16.0. The lowest BCUT2D eigenvalue weighted by Crippen LogP contribution is -2.24. The number of hydrogen-bond donors (Lipinski definition) is 1. The molecule has 33 heavy (non-hydrogen) atoms. The smallest absolute Gasteiger partial charge is 0.355 e. The lowest BCUT2D eigenvalue weighted by molar-refractivity contribution is -0.123. The Kier molecular flexibility index (Phi) is 7.39. The van der Waals surface area contributed by atoms with Crippen LogP contribution in [-0.4, -0.2) is 24.7 Å². The Morgan fingerprint density at radius 1 is 1.03 bits per heavy atom. The van der Waals surface area contributed by atoms with Crippen molar-refractivity contribution < 1.29 is 19.1 Å². The quantitative estimate of drug-likeness (QED) is 0.133. The minimum atomic E-state index is -0.561. The van der Waals surface area contributed by atoms with Crippen LogP contribution in [0.2, 0.25) is 5.02 Å². The zero-order chi connectivity index (χ0) is 23.2. The molecule has 3 aromatic carbocycles. The standard InChI is InChI=1S/C24H16BrClN2O4S/c25-16-9-11-17(12-10-16)31-14-21(29)28-27-13-15-5-1-3-7-19(15)32-24(30)23-22(26)18-6-2-4-8-20(18)33-23/h1-13H,14H2,(H,28,29). The summed E-state index contributed by atoms with van der Waals surface area (Å²) in [6.45, 7) is -0.194. The summed E-state index contributed by atoms with van der Waals surface area (Å²) in [6.07, 6.45) is 1.40. The van der Waals surface area contributed by atoms with Crippen molar-refractivity contribution in [3.05, 3.63) is 92.7 Å². The van der Waals surface area contributed by atoms with E-state index in [1.165, 1.54) is 17.6 Å². The molecule has 1 heterocycles. The van der Waals surface area contributed by atoms with Crippen LogP contribution in [0.5, 0.6) is 11.5 Å². The predicted octanol–water partition coefficient (Wildman–Crippen LogP) is 6.07. The van der Waals surface area contributed by atoms with E-state index in [2.05, 4.69) is 26.5 Å². The number of rotatable bonds is 7. The summed E-state index contributed by atoms with van der Waals surface area (Å²) < 4.78 is 12.8. The van der Waals surface area contributed by atoms with Crippen molar-refractivity contribution >= 4 is 67.0 Å². The molecule has 0 aliphatic carbocycles. The van der Waals surface area contributed by atoms with E-state index >= 15 is 0 Å². The van der Waals surface area contributed by atoms with E-state index < -0.39 is 11.9 Å². The Bertz CT molecular complexity index is 1340. The maximum Gasteiger partial charge on any atom is 0.355 e. The fourth-order valence-electron chi connectivity index (χ4n) is 2.86. The number of nitrogens with one attached hydrogen (secondary N) is 1. The fourth-order valence-corrected chi connectivity index (χ4v) is 4.51. The molecule has 0 aliphatic rings. The summed E-state index contributed by atoms with van der Waals surface area (Å²) in [7, 11) is 0. The maximum absolute atomic E-state index is 12.7. The molecule has 4 aromatic rings. The third-order valence-corrected chi connectivity index (χ3v) is 6.60. The molecule has 0 aliphatic heterocycles. The molecule has 4 rings (SSSR count). The minimum Gasteiger partial charge on any atom is -0.484 e. The van der Waals surface area contributed by atoms with Gasteiger partial charge in [0.2, 0.25) is 0 Å². The van der Waals surface area contributed by atoms with Gasteiger partial charge >= 0.3 is 5.97 Å². The highest BCUT2D eigenvalue weighted by Crippen LogP contribution is 2.36. The van der Waals surface area contributed by atoms with Gasteiger partial charge in [-0.1, -0.05) is 57.9 Å². The van der Waals surface area contributed by atoms with Gasteiger partial charge in [-0.05, 0) is 42.5 Å². The summed E-state index contributed by atoms with van der Waals surface area (Å²) in [4.78, 5) is 25.1. The SMILES string of the molecule is O=C(COc1ccc(Br)cc1)NN=Cc1ccccc1OC(=O)c1sc2ccccc2c1Cl. The number of benzene rings is 3. The van der Waals surface area contributed by atoms with E-state index in [4.69, 9.17) is 21.1 Å². The summed E-state index contributed by atoms with van der Waals surface area (Å²) in [6, 6.07) is 21.5. The minimum absolute atomic E-state index is 0.194. The van der Waals surface area contributed by atoms with Crippen LogP contribution in [0.3, 0.4) is 0 Å². The molecule has 166 valence electrons. The topological polar surface area (TPSA) is 77.0 Å². The Balaban J connectivity index is 1.39. The summed E-state index contributed by atoms with van der Waals surface area (Å²) in [5.41, 5.74) is 2.90. The second kappa shape index (κ2) is 10.6. The van der Waals surface area contributed by atoms with Gasteiger partial charge in [-0.3, -0.25) is 4.79 Å². The van der Waals surface area contributed by atoms with Crippen molar-refractivity contribution in [1.29, 1.82) is 0 Å². The highest BCUT2D eigenvalue weighted by atomic mass is 79.9. The van der Waals surface area contributed by atoms with E-state index in [0.29, 0.717) is 27.0 Å². The number of hydrogen-bond acceptors (Lipinski definition) is 6. The van der Waals surface area contributed by atoms with Gasteiger partial charge in [0.05, 0.1) is 11.2 Å². The average molecular weight is 544 g/mol. The van der Waals surface area contributed by atoms with E-state index in [-0.39, 0.29) is 6.61 Å². The fraction of sp³-hybridized carbons (Fsp3) is 0.0417. The van der Waals surface area contributed by atoms with Gasteiger partial charge in [-0.2, -0.15) is 5.10 Å². The normalized spacial score (nSPS) is 11.0. The molecule has 0 atom stereocenters. The molecule has 0 fully saturated rings. The number of halogens is 2. The van der Waals surface area contributed by atoms with Crippen LogP contribution in [0.25, 0.3) is 10.1 Å². The number of nitrogens with zero attached hydrogens (tertiary/aromatic N) is 1. The van der Waals surface area contributed by atoms with E-state index in [1.807, 2.05) is 36.4 Å². The Morgan fingerprint density at radius 3 is 2.55 bits per heavy atom. The number of fused-ring (bicyclic) bond motifs is 1. The van der Waals surface area contributed by atoms with Crippen molar-refractivity contribution in [1.82, 2.24) is 5.43 Å². The summed E-state index contributed by atoms with van der Waals surface area (Å²) >= 11 is 11.0. The van der Waals surface area contributed by atoms with Crippen LogP contribution in [-0.2, 0) is 4.79 Å². The average Bonchev–Trinajstić information content (AvgIpc) is 3.16. The molecule has 1 N–H and O–H groups in total. The van der Waals surface area contributed by atoms with Crippen molar-refractivity contribution in [3.63, 3.8) is 0 Å². The Morgan fingerprint density at radius 2 is 1.76 bits per heavy atom. The summed E-state index contributed by atoms with van der Waals surface area (Å²) in [5.74, 6) is -0.135. The summed E-state index contributed by atoms with van der Waals surface area (Å²) in [5, 5.41) is 5.10. The highest BCUT2D eigenvalue weighted by molar-refractivity contribution is 9.10. The molecule has 0 radical (unpaired) electrons. The third kappa shape index (κ3) is 5.78. The van der Waals surface area contributed by atoms with E-state index in [9.17, 15) is 9.59 Å². The monoisotopic (exact) mass is 542 g/mol. The van der Waals surface area contributed by atoms with Gasteiger partial charge in [0.25, 0.3) is 5.91 Å². The third-order valence-electron chi connectivity index (χ3n) is 4.42. The molecule has 0 unspecified atom stereocenters. The first-order valence-corrected chi connectivity index (χ1v) is 11.7. The lowest BCUT2D eigenvalue weighted by atomic mass is 10.2. The second-order valence-electron chi connectivity index (χ2n) is 6.70. The second-order valence-corrected chi connectivity index (χ2v) is 9.05. The molecule has 0 bridgehead atoms. The van der Waals surface area contributed by atoms with Crippen LogP contribution >= 0.6 is 38.9 Å². The molecule has 0 saturated carbocycles. The number of carbonyl (C=O) groups is 2. The molecule has 0 spiro atoms. The largest absolute Gasteiger partial charge is 0.484 e. The van der Waals surface area contributed by atoms with Crippen molar-refractivity contribution in [2.24, 2.45) is 5.10 Å². The Labute approximate surface area is 206 Å². The van der Waals surface area contributed by atoms with Gasteiger partial charge in [0, 0.05) is 20.1 Å². The van der Waals surface area contributed by atoms with Gasteiger partial charge in [0.15, 0.2) is 6.61 Å². The molecule has 9 heteroatoms. The van der Waals surface area contributed by atoms with Crippen molar-refractivity contribution in [3.8, 4) is 11.5 Å². The van der Waals surface area contributed by atoms with Gasteiger partial charge in [-0.25, -0.2) is 10.2 Å². The maximum atomic E-state index is 12.7. The molecule has 0 saturated heterocycles. The predicted molar refractivity (Wildman–Crippen MR) is 134 cm³/mol. The Hall–Kier alpha value is -3.20. The van der Waals surface area contributed by atoms with Crippen LogP contribution in [0.15, 0.2) is 82.4 Å². The van der Waals surface area contributed by atoms with E-state index in [0.717, 1.165) is 14.6 Å². The lowest BCUT2D eigenvalue weighted by Gasteiger charge is -2.07. The van der Waals surface area contributed by atoms with Crippen molar-refractivity contribution in [2.75, 3.05) is 6.61 Å². The number of amides is 1. The van der Waals surface area contributed by atoms with Gasteiger partial charge in [0.1, 0.15) is 16.4 Å². The number of esters is 1. The number of thiophene rings is 1. The zero-order valence-corrected chi connectivity index (χ0v) is 20.1. The van der Waals surface area contributed by atoms with Crippen LogP contribution < -0.4 is 14.9 Å². The number of carbonyl (C=O) groups excluding carboxylic acids is 2. The number of hydrazone groups is 1. The molecule has 1 amide bonds. The zero-order valence-electron chi connectivity index (χ0n) is 17.0. The first-order valence-electron chi connectivity index (χ1n) is 9.70.